The SMILES string of the molecule is CCCOc1ccc(C(CS(C)(=O)=O)NC)cc1Br. The second kappa shape index (κ2) is 7.26. The molecule has 0 radical (unpaired) electrons. The quantitative estimate of drug-likeness (QED) is 0.821. The minimum absolute atomic E-state index is 0.0745. The van der Waals surface area contributed by atoms with Crippen LogP contribution < -0.4 is 10.1 Å². The molecule has 0 aliphatic carbocycles. The molecule has 6 heteroatoms. The van der Waals surface area contributed by atoms with E-state index >= 15 is 0 Å². The Hall–Kier alpha value is -0.590. The lowest BCUT2D eigenvalue weighted by Crippen LogP contribution is -2.24. The zero-order chi connectivity index (χ0) is 14.5. The molecular weight excluding hydrogens is 330 g/mol. The van der Waals surface area contributed by atoms with Crippen LogP contribution in [-0.2, 0) is 9.84 Å². The summed E-state index contributed by atoms with van der Waals surface area (Å²) in [4.78, 5) is 0. The van der Waals surface area contributed by atoms with Gasteiger partial charge >= 0.3 is 0 Å². The molecule has 0 amide bonds. The number of rotatable bonds is 7. The first-order chi connectivity index (χ1) is 8.87. The van der Waals surface area contributed by atoms with Crippen molar-refractivity contribution in [2.24, 2.45) is 0 Å². The molecule has 1 atom stereocenters. The maximum atomic E-state index is 11.4. The van der Waals surface area contributed by atoms with Crippen LogP contribution in [0.5, 0.6) is 5.75 Å². The highest BCUT2D eigenvalue weighted by Gasteiger charge is 2.16. The van der Waals surface area contributed by atoms with Crippen LogP contribution in [0.15, 0.2) is 22.7 Å². The highest BCUT2D eigenvalue weighted by Crippen LogP contribution is 2.28. The number of benzene rings is 1. The molecule has 0 bridgehead atoms. The average molecular weight is 350 g/mol. The Labute approximate surface area is 123 Å². The summed E-state index contributed by atoms with van der Waals surface area (Å²) in [6.45, 7) is 2.71. The third-order valence-corrected chi connectivity index (χ3v) is 4.20. The van der Waals surface area contributed by atoms with E-state index in [9.17, 15) is 8.42 Å². The molecule has 19 heavy (non-hydrogen) atoms. The molecule has 0 fully saturated rings. The molecule has 0 saturated carbocycles. The third kappa shape index (κ3) is 5.50. The van der Waals surface area contributed by atoms with Gasteiger partial charge in [0, 0.05) is 12.3 Å². The molecule has 0 saturated heterocycles. The van der Waals surface area contributed by atoms with Gasteiger partial charge in [-0.3, -0.25) is 0 Å². The minimum atomic E-state index is -3.03. The summed E-state index contributed by atoms with van der Waals surface area (Å²) in [6.07, 6.45) is 2.19. The molecule has 1 aromatic carbocycles. The first-order valence-electron chi connectivity index (χ1n) is 6.14. The maximum absolute atomic E-state index is 11.4. The van der Waals surface area contributed by atoms with Crippen LogP contribution in [-0.4, -0.2) is 34.1 Å². The number of hydrogen-bond donors (Lipinski definition) is 1. The molecular formula is C13H20BrNO3S. The van der Waals surface area contributed by atoms with Gasteiger partial charge in [-0.2, -0.15) is 0 Å². The van der Waals surface area contributed by atoms with Crippen molar-refractivity contribution in [2.45, 2.75) is 19.4 Å². The van der Waals surface area contributed by atoms with Crippen molar-refractivity contribution >= 4 is 25.8 Å². The zero-order valence-electron chi connectivity index (χ0n) is 11.4. The van der Waals surface area contributed by atoms with Gasteiger partial charge in [0.15, 0.2) is 0 Å². The van der Waals surface area contributed by atoms with E-state index in [0.29, 0.717) is 6.61 Å². The fourth-order valence-electron chi connectivity index (χ4n) is 1.71. The van der Waals surface area contributed by atoms with Crippen molar-refractivity contribution in [3.8, 4) is 5.75 Å². The Balaban J connectivity index is 2.91. The highest BCUT2D eigenvalue weighted by molar-refractivity contribution is 9.10. The van der Waals surface area contributed by atoms with Gasteiger partial charge in [0.1, 0.15) is 15.6 Å². The van der Waals surface area contributed by atoms with Gasteiger partial charge in [-0.1, -0.05) is 13.0 Å². The fourth-order valence-corrected chi connectivity index (χ4v) is 3.19. The van der Waals surface area contributed by atoms with Gasteiger partial charge in [-0.25, -0.2) is 8.42 Å². The Bertz CT molecular complexity index is 517. The van der Waals surface area contributed by atoms with Gasteiger partial charge in [-0.15, -0.1) is 0 Å². The molecule has 0 aromatic heterocycles. The van der Waals surface area contributed by atoms with E-state index in [0.717, 1.165) is 22.2 Å². The molecule has 1 aromatic rings. The van der Waals surface area contributed by atoms with Crippen LogP contribution in [0.25, 0.3) is 0 Å². The van der Waals surface area contributed by atoms with Crippen LogP contribution in [0.4, 0.5) is 0 Å². The number of ether oxygens (including phenoxy) is 1. The summed E-state index contributed by atoms with van der Waals surface area (Å²) in [5, 5.41) is 3.02. The molecule has 0 aliphatic rings. The van der Waals surface area contributed by atoms with Crippen molar-refractivity contribution in [1.82, 2.24) is 5.32 Å². The smallest absolute Gasteiger partial charge is 0.149 e. The average Bonchev–Trinajstić information content (AvgIpc) is 2.33. The fraction of sp³-hybridized carbons (Fsp3) is 0.538. The topological polar surface area (TPSA) is 55.4 Å². The van der Waals surface area contributed by atoms with E-state index in [4.69, 9.17) is 4.74 Å². The van der Waals surface area contributed by atoms with Crippen molar-refractivity contribution in [3.63, 3.8) is 0 Å². The van der Waals surface area contributed by atoms with Crippen molar-refractivity contribution < 1.29 is 13.2 Å². The van der Waals surface area contributed by atoms with Crippen LogP contribution in [0.2, 0.25) is 0 Å². The molecule has 0 aliphatic heterocycles. The number of nitrogens with one attached hydrogen (secondary N) is 1. The van der Waals surface area contributed by atoms with E-state index in [1.54, 1.807) is 7.05 Å². The molecule has 1 unspecified atom stereocenters. The molecule has 1 N–H and O–H groups in total. The summed E-state index contributed by atoms with van der Waals surface area (Å²) in [5.74, 6) is 0.852. The molecule has 0 spiro atoms. The molecule has 0 heterocycles. The van der Waals surface area contributed by atoms with Crippen molar-refractivity contribution in [1.29, 1.82) is 0 Å². The summed E-state index contributed by atoms with van der Waals surface area (Å²) >= 11 is 3.45. The minimum Gasteiger partial charge on any atom is -0.492 e. The lowest BCUT2D eigenvalue weighted by atomic mass is 10.1. The largest absolute Gasteiger partial charge is 0.492 e. The Kier molecular flexibility index (Phi) is 6.29. The van der Waals surface area contributed by atoms with Gasteiger partial charge in [0.25, 0.3) is 0 Å². The molecule has 1 rings (SSSR count). The van der Waals surface area contributed by atoms with E-state index in [1.807, 2.05) is 25.1 Å². The third-order valence-electron chi connectivity index (χ3n) is 2.64. The standard InChI is InChI=1S/C13H20BrNO3S/c1-4-7-18-13-6-5-10(8-11(13)14)12(15-2)9-19(3,16)17/h5-6,8,12,15H,4,7,9H2,1-3H3. The summed E-state index contributed by atoms with van der Waals surface area (Å²) < 4.78 is 29.2. The number of sulfone groups is 1. The van der Waals surface area contributed by atoms with E-state index in [2.05, 4.69) is 21.2 Å². The number of hydrogen-bond acceptors (Lipinski definition) is 4. The predicted molar refractivity (Wildman–Crippen MR) is 81.4 cm³/mol. The number of halogens is 1. The highest BCUT2D eigenvalue weighted by atomic mass is 79.9. The second-order valence-electron chi connectivity index (χ2n) is 4.47. The normalized spacial score (nSPS) is 13.3. The summed E-state index contributed by atoms with van der Waals surface area (Å²) in [5.41, 5.74) is 0.920. The van der Waals surface area contributed by atoms with Crippen LogP contribution in [0, 0.1) is 0 Å². The zero-order valence-corrected chi connectivity index (χ0v) is 13.8. The molecule has 4 nitrogen and oxygen atoms in total. The van der Waals surface area contributed by atoms with Crippen LogP contribution in [0.1, 0.15) is 24.9 Å². The van der Waals surface area contributed by atoms with Crippen molar-refractivity contribution in [2.75, 3.05) is 25.7 Å². The lowest BCUT2D eigenvalue weighted by Gasteiger charge is -2.17. The van der Waals surface area contributed by atoms with Gasteiger partial charge in [0.05, 0.1) is 16.8 Å². The monoisotopic (exact) mass is 349 g/mol. The summed E-state index contributed by atoms with van der Waals surface area (Å²) in [7, 11) is -1.27. The molecule has 108 valence electrons. The maximum Gasteiger partial charge on any atom is 0.149 e. The predicted octanol–water partition coefficient (Wildman–Crippen LogP) is 2.54. The first kappa shape index (κ1) is 16.5. The first-order valence-corrected chi connectivity index (χ1v) is 9.00. The van der Waals surface area contributed by atoms with Gasteiger partial charge in [0.2, 0.25) is 0 Å². The van der Waals surface area contributed by atoms with E-state index in [1.165, 1.54) is 6.26 Å². The van der Waals surface area contributed by atoms with E-state index < -0.39 is 9.84 Å². The van der Waals surface area contributed by atoms with E-state index in [-0.39, 0.29) is 11.8 Å². The van der Waals surface area contributed by atoms with Crippen LogP contribution in [0.3, 0.4) is 0 Å². The Morgan fingerprint density at radius 2 is 2.11 bits per heavy atom. The Morgan fingerprint density at radius 3 is 2.58 bits per heavy atom. The summed E-state index contributed by atoms with van der Waals surface area (Å²) in [6, 6.07) is 5.44. The van der Waals surface area contributed by atoms with Crippen molar-refractivity contribution in [3.05, 3.63) is 28.2 Å². The Morgan fingerprint density at radius 1 is 1.42 bits per heavy atom. The van der Waals surface area contributed by atoms with Gasteiger partial charge in [-0.05, 0) is 47.1 Å². The van der Waals surface area contributed by atoms with Gasteiger partial charge < -0.3 is 10.1 Å². The lowest BCUT2D eigenvalue weighted by molar-refractivity contribution is 0.315. The second-order valence-corrected chi connectivity index (χ2v) is 7.51. The van der Waals surface area contributed by atoms with Crippen LogP contribution >= 0.6 is 15.9 Å².